The zero-order valence-electron chi connectivity index (χ0n) is 10.7. The average Bonchev–Trinajstić information content (AvgIpc) is 2.37. The molecule has 0 aliphatic rings. The first kappa shape index (κ1) is 15.3. The van der Waals surface area contributed by atoms with Crippen LogP contribution in [0, 0.1) is 0 Å². The third-order valence-corrected chi connectivity index (χ3v) is 3.57. The van der Waals surface area contributed by atoms with Crippen LogP contribution in [-0.4, -0.2) is 45.5 Å². The van der Waals surface area contributed by atoms with Crippen LogP contribution in [0.3, 0.4) is 0 Å². The maximum Gasteiger partial charge on any atom is 0.279 e. The van der Waals surface area contributed by atoms with E-state index >= 15 is 0 Å². The molecule has 0 atom stereocenters. The molecule has 0 bridgehead atoms. The third-order valence-electron chi connectivity index (χ3n) is 2.10. The van der Waals surface area contributed by atoms with E-state index in [2.05, 4.69) is 15.2 Å². The van der Waals surface area contributed by atoms with Gasteiger partial charge in [-0.2, -0.15) is 22.5 Å². The number of hydrogen-bond acceptors (Lipinski definition) is 4. The van der Waals surface area contributed by atoms with Gasteiger partial charge in [0, 0.05) is 14.1 Å². The molecule has 0 unspecified atom stereocenters. The molecule has 0 aromatic heterocycles. The van der Waals surface area contributed by atoms with Gasteiger partial charge in [0.15, 0.2) is 0 Å². The molecule has 104 valence electrons. The minimum atomic E-state index is -3.60. The lowest BCUT2D eigenvalue weighted by atomic mass is 10.2. The Morgan fingerprint density at radius 2 is 1.95 bits per heavy atom. The van der Waals surface area contributed by atoms with Crippen LogP contribution in [0.5, 0.6) is 0 Å². The van der Waals surface area contributed by atoms with E-state index in [9.17, 15) is 13.2 Å². The molecule has 0 heterocycles. The van der Waals surface area contributed by atoms with Crippen molar-refractivity contribution in [2.75, 3.05) is 20.6 Å². The van der Waals surface area contributed by atoms with E-state index in [0.717, 1.165) is 9.87 Å². The van der Waals surface area contributed by atoms with E-state index in [1.807, 2.05) is 30.3 Å². The monoisotopic (exact) mass is 284 g/mol. The summed E-state index contributed by atoms with van der Waals surface area (Å²) in [7, 11) is -0.862. The average molecular weight is 284 g/mol. The highest BCUT2D eigenvalue weighted by Gasteiger charge is 2.13. The number of carbonyl (C=O) groups is 1. The predicted molar refractivity (Wildman–Crippen MR) is 72.8 cm³/mol. The highest BCUT2D eigenvalue weighted by atomic mass is 32.2. The van der Waals surface area contributed by atoms with Gasteiger partial charge in [-0.25, -0.2) is 5.43 Å². The maximum atomic E-state index is 11.3. The normalized spacial score (nSPS) is 11.9. The lowest BCUT2D eigenvalue weighted by molar-refractivity contribution is -0.119. The van der Waals surface area contributed by atoms with E-state index in [1.165, 1.54) is 20.3 Å². The quantitative estimate of drug-likeness (QED) is 0.546. The Hall–Kier alpha value is -1.77. The molecule has 0 aliphatic carbocycles. The van der Waals surface area contributed by atoms with Crippen molar-refractivity contribution < 1.29 is 13.2 Å². The van der Waals surface area contributed by atoms with Crippen LogP contribution in [0.25, 0.3) is 0 Å². The number of hydrazone groups is 1. The summed E-state index contributed by atoms with van der Waals surface area (Å²) in [5, 5.41) is 3.71. The van der Waals surface area contributed by atoms with Gasteiger partial charge in [-0.3, -0.25) is 4.79 Å². The van der Waals surface area contributed by atoms with Crippen molar-refractivity contribution in [1.82, 2.24) is 14.5 Å². The van der Waals surface area contributed by atoms with Gasteiger partial charge in [0.2, 0.25) is 0 Å². The first-order chi connectivity index (χ1) is 8.92. The number of rotatable bonds is 6. The maximum absolute atomic E-state index is 11.3. The second kappa shape index (κ2) is 6.98. The summed E-state index contributed by atoms with van der Waals surface area (Å²) in [4.78, 5) is 11.3. The molecule has 0 radical (unpaired) electrons. The van der Waals surface area contributed by atoms with Crippen LogP contribution >= 0.6 is 0 Å². The number of nitrogens with one attached hydrogen (secondary N) is 2. The Morgan fingerprint density at radius 1 is 1.32 bits per heavy atom. The summed E-state index contributed by atoms with van der Waals surface area (Å²) in [5.74, 6) is -0.544. The van der Waals surface area contributed by atoms with E-state index in [0.29, 0.717) is 0 Å². The molecule has 1 aromatic rings. The molecule has 7 nitrogen and oxygen atoms in total. The van der Waals surface area contributed by atoms with Crippen LogP contribution in [0.15, 0.2) is 35.4 Å². The zero-order chi connectivity index (χ0) is 14.3. The molecule has 2 N–H and O–H groups in total. The zero-order valence-corrected chi connectivity index (χ0v) is 11.5. The molecule has 1 amide bonds. The summed E-state index contributed by atoms with van der Waals surface area (Å²) < 4.78 is 25.8. The molecular formula is C11H16N4O3S. The van der Waals surface area contributed by atoms with Crippen molar-refractivity contribution in [2.24, 2.45) is 5.10 Å². The summed E-state index contributed by atoms with van der Waals surface area (Å²) in [6.45, 7) is -0.368. The Bertz CT molecular complexity index is 540. The van der Waals surface area contributed by atoms with Crippen molar-refractivity contribution in [2.45, 2.75) is 0 Å². The second-order valence-electron chi connectivity index (χ2n) is 3.81. The van der Waals surface area contributed by atoms with Crippen molar-refractivity contribution >= 4 is 22.3 Å². The Morgan fingerprint density at radius 3 is 2.53 bits per heavy atom. The number of amides is 1. The Labute approximate surface area is 112 Å². The predicted octanol–water partition coefficient (Wildman–Crippen LogP) is -0.467. The lowest BCUT2D eigenvalue weighted by Crippen LogP contribution is -2.41. The highest BCUT2D eigenvalue weighted by molar-refractivity contribution is 7.87. The van der Waals surface area contributed by atoms with Gasteiger partial charge >= 0.3 is 0 Å². The van der Waals surface area contributed by atoms with Crippen LogP contribution in [-0.2, 0) is 15.0 Å². The minimum Gasteiger partial charge on any atom is -0.272 e. The third kappa shape index (κ3) is 5.60. The summed E-state index contributed by atoms with van der Waals surface area (Å²) >= 11 is 0. The number of nitrogens with zero attached hydrogens (tertiary/aromatic N) is 2. The van der Waals surface area contributed by atoms with Crippen LogP contribution in [0.4, 0.5) is 0 Å². The molecule has 0 fully saturated rings. The van der Waals surface area contributed by atoms with Crippen LogP contribution < -0.4 is 10.1 Å². The second-order valence-corrected chi connectivity index (χ2v) is 5.78. The lowest BCUT2D eigenvalue weighted by Gasteiger charge is -2.11. The van der Waals surface area contributed by atoms with Crippen LogP contribution in [0.1, 0.15) is 5.56 Å². The summed E-state index contributed by atoms with van der Waals surface area (Å²) in [6, 6.07) is 9.20. The van der Waals surface area contributed by atoms with Gasteiger partial charge in [0.25, 0.3) is 16.1 Å². The van der Waals surface area contributed by atoms with Gasteiger partial charge in [-0.1, -0.05) is 30.3 Å². The molecule has 1 rings (SSSR count). The number of carbonyl (C=O) groups excluding carboxylic acids is 1. The van der Waals surface area contributed by atoms with Gasteiger partial charge in [0.05, 0.1) is 12.8 Å². The van der Waals surface area contributed by atoms with Gasteiger partial charge in [0.1, 0.15) is 0 Å². The molecule has 0 aliphatic heterocycles. The first-order valence-electron chi connectivity index (χ1n) is 5.46. The largest absolute Gasteiger partial charge is 0.279 e. The Kier molecular flexibility index (Phi) is 5.61. The number of benzene rings is 1. The summed E-state index contributed by atoms with van der Waals surface area (Å²) in [6.07, 6.45) is 1.47. The fourth-order valence-electron chi connectivity index (χ4n) is 1.04. The topological polar surface area (TPSA) is 90.9 Å². The van der Waals surface area contributed by atoms with Crippen molar-refractivity contribution in [1.29, 1.82) is 0 Å². The van der Waals surface area contributed by atoms with Crippen molar-refractivity contribution in [3.8, 4) is 0 Å². The minimum absolute atomic E-state index is 0.368. The molecule has 0 spiro atoms. The molecule has 0 saturated heterocycles. The van der Waals surface area contributed by atoms with E-state index in [4.69, 9.17) is 0 Å². The summed E-state index contributed by atoms with van der Waals surface area (Å²) in [5.41, 5.74) is 3.06. The number of hydrogen-bond donors (Lipinski definition) is 2. The van der Waals surface area contributed by atoms with Gasteiger partial charge in [-0.05, 0) is 5.56 Å². The Balaban J connectivity index is 2.39. The van der Waals surface area contributed by atoms with E-state index < -0.39 is 16.1 Å². The smallest absolute Gasteiger partial charge is 0.272 e. The molecule has 0 saturated carbocycles. The molecular weight excluding hydrogens is 268 g/mol. The van der Waals surface area contributed by atoms with Gasteiger partial charge in [-0.15, -0.1) is 0 Å². The van der Waals surface area contributed by atoms with Crippen LogP contribution in [0.2, 0.25) is 0 Å². The fourth-order valence-corrected chi connectivity index (χ4v) is 1.61. The molecule has 1 aromatic carbocycles. The highest BCUT2D eigenvalue weighted by Crippen LogP contribution is 1.93. The molecule has 8 heteroatoms. The van der Waals surface area contributed by atoms with E-state index in [1.54, 1.807) is 0 Å². The molecule has 19 heavy (non-hydrogen) atoms. The van der Waals surface area contributed by atoms with Crippen molar-refractivity contribution in [3.05, 3.63) is 35.9 Å². The fraction of sp³-hybridized carbons (Fsp3) is 0.273. The van der Waals surface area contributed by atoms with Gasteiger partial charge < -0.3 is 0 Å². The standard InChI is InChI=1S/C11H16N4O3S/c1-15(2)19(17,18)13-9-11(16)14-12-8-10-6-4-3-5-7-10/h3-8,13H,9H2,1-2H3,(H,14,16)/b12-8+. The van der Waals surface area contributed by atoms with Crippen molar-refractivity contribution in [3.63, 3.8) is 0 Å². The SMILES string of the molecule is CN(C)S(=O)(=O)NCC(=O)N/N=C/c1ccccc1. The first-order valence-corrected chi connectivity index (χ1v) is 6.90. The van der Waals surface area contributed by atoms with E-state index in [-0.39, 0.29) is 6.54 Å².